The molecule has 0 aliphatic rings. The normalized spacial score (nSPS) is 10.0. The summed E-state index contributed by atoms with van der Waals surface area (Å²) in [6.45, 7) is 0.429. The molecule has 0 saturated carbocycles. The number of furan rings is 1. The van der Waals surface area contributed by atoms with E-state index >= 15 is 0 Å². The van der Waals surface area contributed by atoms with Crippen molar-refractivity contribution in [2.45, 2.75) is 19.4 Å². The highest BCUT2D eigenvalue weighted by Crippen LogP contribution is 2.16. The monoisotopic (exact) mass is 303 g/mol. The van der Waals surface area contributed by atoms with Gasteiger partial charge in [0.05, 0.1) is 12.8 Å². The van der Waals surface area contributed by atoms with E-state index in [1.165, 1.54) is 0 Å². The van der Waals surface area contributed by atoms with E-state index in [2.05, 4.69) is 11.8 Å². The van der Waals surface area contributed by atoms with E-state index < -0.39 is 0 Å². The van der Waals surface area contributed by atoms with Crippen molar-refractivity contribution in [1.82, 2.24) is 4.90 Å². The summed E-state index contributed by atoms with van der Waals surface area (Å²) >= 11 is 1.57. The van der Waals surface area contributed by atoms with Gasteiger partial charge in [-0.3, -0.25) is 4.79 Å². The van der Waals surface area contributed by atoms with Crippen LogP contribution in [0.2, 0.25) is 0 Å². The Morgan fingerprint density at radius 1 is 1.52 bits per heavy atom. The first-order chi connectivity index (χ1) is 10.2. The van der Waals surface area contributed by atoms with Gasteiger partial charge in [0.25, 0.3) is 0 Å². The average molecular weight is 303 g/mol. The summed E-state index contributed by atoms with van der Waals surface area (Å²) < 4.78 is 5.22. The Bertz CT molecular complexity index is 634. The Hall–Kier alpha value is -2.03. The van der Waals surface area contributed by atoms with Crippen molar-refractivity contribution in [2.75, 3.05) is 13.7 Å². The number of hydrogen-bond acceptors (Lipinski definition) is 4. The molecule has 0 unspecified atom stereocenters. The van der Waals surface area contributed by atoms with Gasteiger partial charge in [0.15, 0.2) is 0 Å². The lowest BCUT2D eigenvalue weighted by molar-refractivity contribution is -0.130. The summed E-state index contributed by atoms with van der Waals surface area (Å²) in [4.78, 5) is 14.8. The van der Waals surface area contributed by atoms with Gasteiger partial charge in [0, 0.05) is 35.7 Å². The van der Waals surface area contributed by atoms with Crippen LogP contribution in [0.5, 0.6) is 0 Å². The molecular formula is C16H17NO3S. The molecule has 0 spiro atoms. The lowest BCUT2D eigenvalue weighted by Crippen LogP contribution is -2.25. The number of aryl methyl sites for hydroxylation is 1. The molecule has 0 radical (unpaired) electrons. The van der Waals surface area contributed by atoms with Crippen LogP contribution in [0.4, 0.5) is 0 Å². The molecule has 0 saturated heterocycles. The minimum Gasteiger partial charge on any atom is -0.469 e. The highest BCUT2D eigenvalue weighted by Gasteiger charge is 2.11. The van der Waals surface area contributed by atoms with Crippen molar-refractivity contribution in [2.24, 2.45) is 0 Å². The molecular weight excluding hydrogens is 286 g/mol. The van der Waals surface area contributed by atoms with Gasteiger partial charge >= 0.3 is 0 Å². The van der Waals surface area contributed by atoms with Crippen LogP contribution < -0.4 is 0 Å². The summed E-state index contributed by atoms with van der Waals surface area (Å²) in [5.41, 5.74) is 0.875. The van der Waals surface area contributed by atoms with Crippen molar-refractivity contribution in [3.63, 3.8) is 0 Å². The second-order valence-corrected chi connectivity index (χ2v) is 5.59. The van der Waals surface area contributed by atoms with E-state index in [0.717, 1.165) is 16.2 Å². The molecule has 5 heteroatoms. The molecule has 0 fully saturated rings. The molecule has 1 amide bonds. The maximum Gasteiger partial charge on any atom is 0.223 e. The Balaban J connectivity index is 1.84. The van der Waals surface area contributed by atoms with Crippen LogP contribution in [0.3, 0.4) is 0 Å². The van der Waals surface area contributed by atoms with Crippen LogP contribution in [-0.2, 0) is 17.8 Å². The highest BCUT2D eigenvalue weighted by molar-refractivity contribution is 7.10. The quantitative estimate of drug-likeness (QED) is 0.862. The molecule has 4 nitrogen and oxygen atoms in total. The molecule has 2 aromatic heterocycles. The fourth-order valence-electron chi connectivity index (χ4n) is 1.87. The molecule has 1 N–H and O–H groups in total. The van der Waals surface area contributed by atoms with Crippen LogP contribution in [0.15, 0.2) is 34.3 Å². The third kappa shape index (κ3) is 4.78. The third-order valence-electron chi connectivity index (χ3n) is 2.95. The molecule has 2 heterocycles. The van der Waals surface area contributed by atoms with Crippen LogP contribution >= 0.6 is 11.3 Å². The number of carbonyl (C=O) groups excluding carboxylic acids is 1. The van der Waals surface area contributed by atoms with Crippen LogP contribution in [0.1, 0.15) is 22.6 Å². The molecule has 0 atom stereocenters. The first-order valence-electron chi connectivity index (χ1n) is 6.62. The molecule has 0 aliphatic carbocycles. The SMILES string of the molecule is CN(Cc1cc(C#CCO)cs1)C(=O)CCc1ccco1. The summed E-state index contributed by atoms with van der Waals surface area (Å²) in [6.07, 6.45) is 2.67. The molecule has 110 valence electrons. The predicted octanol–water partition coefficient (Wildman–Crippen LogP) is 2.28. The number of rotatable bonds is 5. The lowest BCUT2D eigenvalue weighted by atomic mass is 10.2. The molecule has 0 aliphatic heterocycles. The van der Waals surface area contributed by atoms with Gasteiger partial charge in [-0.1, -0.05) is 11.8 Å². The van der Waals surface area contributed by atoms with Crippen LogP contribution in [0.25, 0.3) is 0 Å². The average Bonchev–Trinajstić information content (AvgIpc) is 3.14. The minimum absolute atomic E-state index is 0.0859. The largest absolute Gasteiger partial charge is 0.469 e. The molecule has 2 rings (SSSR count). The Kier molecular flexibility index (Phi) is 5.61. The van der Waals surface area contributed by atoms with E-state index in [4.69, 9.17) is 9.52 Å². The van der Waals surface area contributed by atoms with Gasteiger partial charge in [-0.25, -0.2) is 0 Å². The maximum absolute atomic E-state index is 12.0. The van der Waals surface area contributed by atoms with E-state index in [9.17, 15) is 4.79 Å². The molecule has 0 bridgehead atoms. The van der Waals surface area contributed by atoms with Gasteiger partial charge in [-0.05, 0) is 18.2 Å². The second kappa shape index (κ2) is 7.67. The number of aliphatic hydroxyl groups excluding tert-OH is 1. The van der Waals surface area contributed by atoms with E-state index in [-0.39, 0.29) is 12.5 Å². The fourth-order valence-corrected chi connectivity index (χ4v) is 2.74. The number of hydrogen-bond donors (Lipinski definition) is 1. The first-order valence-corrected chi connectivity index (χ1v) is 7.50. The number of nitrogens with zero attached hydrogens (tertiary/aromatic N) is 1. The fraction of sp³-hybridized carbons (Fsp3) is 0.312. The van der Waals surface area contributed by atoms with Crippen molar-refractivity contribution < 1.29 is 14.3 Å². The molecule has 2 aromatic rings. The first kappa shape index (κ1) is 15.4. The van der Waals surface area contributed by atoms with Crippen LogP contribution in [0, 0.1) is 11.8 Å². The Labute approximate surface area is 128 Å². The van der Waals surface area contributed by atoms with Gasteiger partial charge in [-0.15, -0.1) is 11.3 Å². The number of amides is 1. The van der Waals surface area contributed by atoms with Crippen molar-refractivity contribution in [3.05, 3.63) is 46.0 Å². The van der Waals surface area contributed by atoms with Crippen molar-refractivity contribution >= 4 is 17.2 Å². The van der Waals surface area contributed by atoms with E-state index in [0.29, 0.717) is 19.4 Å². The predicted molar refractivity (Wildman–Crippen MR) is 81.8 cm³/mol. The summed E-state index contributed by atoms with van der Waals surface area (Å²) in [5, 5.41) is 10.6. The molecule has 21 heavy (non-hydrogen) atoms. The van der Waals surface area contributed by atoms with Crippen molar-refractivity contribution in [1.29, 1.82) is 0 Å². The zero-order valence-corrected chi connectivity index (χ0v) is 12.7. The minimum atomic E-state index is -0.143. The molecule has 0 aromatic carbocycles. The van der Waals surface area contributed by atoms with Gasteiger partial charge in [0.1, 0.15) is 12.4 Å². The van der Waals surface area contributed by atoms with Gasteiger partial charge in [-0.2, -0.15) is 0 Å². The topological polar surface area (TPSA) is 53.7 Å². The second-order valence-electron chi connectivity index (χ2n) is 4.59. The van der Waals surface area contributed by atoms with Crippen LogP contribution in [-0.4, -0.2) is 29.6 Å². The number of aliphatic hydroxyl groups is 1. The maximum atomic E-state index is 12.0. The van der Waals surface area contributed by atoms with Gasteiger partial charge < -0.3 is 14.4 Å². The standard InChI is InChI=1S/C16H17NO3S/c1-17(16(19)7-6-14-5-3-9-20-14)11-15-10-13(12-21-15)4-2-8-18/h3,5,9-10,12,18H,6-8,11H2,1H3. The number of carbonyl (C=O) groups is 1. The summed E-state index contributed by atoms with van der Waals surface area (Å²) in [6, 6.07) is 5.65. The smallest absolute Gasteiger partial charge is 0.223 e. The Morgan fingerprint density at radius 2 is 2.38 bits per heavy atom. The lowest BCUT2D eigenvalue weighted by Gasteiger charge is -2.15. The third-order valence-corrected chi connectivity index (χ3v) is 3.87. The zero-order valence-electron chi connectivity index (χ0n) is 11.8. The Morgan fingerprint density at radius 3 is 3.10 bits per heavy atom. The van der Waals surface area contributed by atoms with Gasteiger partial charge in [0.2, 0.25) is 5.91 Å². The summed E-state index contributed by atoms with van der Waals surface area (Å²) in [5.74, 6) is 6.38. The zero-order chi connectivity index (χ0) is 15.1. The van der Waals surface area contributed by atoms with Crippen molar-refractivity contribution in [3.8, 4) is 11.8 Å². The highest BCUT2D eigenvalue weighted by atomic mass is 32.1. The number of thiophene rings is 1. The van der Waals surface area contributed by atoms with E-state index in [1.807, 2.05) is 23.6 Å². The summed E-state index contributed by atoms with van der Waals surface area (Å²) in [7, 11) is 1.79. The van der Waals surface area contributed by atoms with E-state index in [1.54, 1.807) is 29.5 Å².